The van der Waals surface area contributed by atoms with Gasteiger partial charge in [-0.3, -0.25) is 9.59 Å². The van der Waals surface area contributed by atoms with E-state index in [-0.39, 0.29) is 25.2 Å². The van der Waals surface area contributed by atoms with Crippen molar-refractivity contribution in [2.75, 3.05) is 13.2 Å². The minimum Gasteiger partial charge on any atom is -0.462 e. The van der Waals surface area contributed by atoms with Gasteiger partial charge in [0.1, 0.15) is 6.61 Å². The van der Waals surface area contributed by atoms with Gasteiger partial charge in [-0.05, 0) is 44.9 Å². The molecule has 0 aromatic carbocycles. The molecule has 0 spiro atoms. The molecule has 0 saturated carbocycles. The highest BCUT2D eigenvalue weighted by Gasteiger charge is 2.16. The van der Waals surface area contributed by atoms with Crippen LogP contribution in [0.25, 0.3) is 0 Å². The second-order valence-corrected chi connectivity index (χ2v) is 21.5. The molecule has 0 rings (SSSR count). The van der Waals surface area contributed by atoms with Crippen molar-refractivity contribution in [2.24, 2.45) is 0 Å². The first-order valence-corrected chi connectivity index (χ1v) is 31.4. The first-order valence-electron chi connectivity index (χ1n) is 31.4. The van der Waals surface area contributed by atoms with E-state index in [4.69, 9.17) is 9.47 Å². The Bertz CT molecular complexity index is 1050. The molecule has 0 bridgehead atoms. The van der Waals surface area contributed by atoms with Crippen molar-refractivity contribution < 1.29 is 24.2 Å². The average molecular weight is 972 g/mol. The Balaban J connectivity index is 3.33. The van der Waals surface area contributed by atoms with Gasteiger partial charge in [-0.25, -0.2) is 0 Å². The van der Waals surface area contributed by atoms with Crippen LogP contribution in [0, 0.1) is 0 Å². The molecule has 0 aliphatic heterocycles. The number of ether oxygens (including phenoxy) is 2. The molecule has 1 unspecified atom stereocenters. The minimum absolute atomic E-state index is 0.0665. The molecule has 1 N–H and O–H groups in total. The number of hydrogen-bond donors (Lipinski definition) is 1. The van der Waals surface area contributed by atoms with Crippen LogP contribution in [0.2, 0.25) is 0 Å². The number of aliphatic hydroxyl groups is 1. The summed E-state index contributed by atoms with van der Waals surface area (Å²) in [4.78, 5) is 24.5. The van der Waals surface area contributed by atoms with E-state index in [0.29, 0.717) is 12.8 Å². The Labute approximate surface area is 432 Å². The molecule has 0 aromatic rings. The summed E-state index contributed by atoms with van der Waals surface area (Å²) >= 11 is 0. The normalized spacial score (nSPS) is 12.2. The smallest absolute Gasteiger partial charge is 0.306 e. The number of hydrogen-bond acceptors (Lipinski definition) is 5. The highest BCUT2D eigenvalue weighted by Crippen LogP contribution is 2.19. The third-order valence-corrected chi connectivity index (χ3v) is 14.5. The molecule has 0 amide bonds. The number of unbranched alkanes of at least 4 members (excludes halogenated alkanes) is 47. The van der Waals surface area contributed by atoms with Crippen molar-refractivity contribution in [2.45, 2.75) is 360 Å². The summed E-state index contributed by atoms with van der Waals surface area (Å²) in [6, 6.07) is 0. The number of rotatable bonds is 59. The topological polar surface area (TPSA) is 72.8 Å². The van der Waals surface area contributed by atoms with Crippen LogP contribution in [0.1, 0.15) is 354 Å². The van der Waals surface area contributed by atoms with E-state index in [9.17, 15) is 14.7 Å². The molecule has 5 nitrogen and oxygen atoms in total. The Hall–Kier alpha value is -1.62. The lowest BCUT2D eigenvalue weighted by Crippen LogP contribution is -2.28. The van der Waals surface area contributed by atoms with Gasteiger partial charge in [-0.2, -0.15) is 0 Å². The van der Waals surface area contributed by atoms with Gasteiger partial charge in [0.05, 0.1) is 6.61 Å². The summed E-state index contributed by atoms with van der Waals surface area (Å²) in [7, 11) is 0. The van der Waals surface area contributed by atoms with Gasteiger partial charge < -0.3 is 14.6 Å². The molecule has 0 radical (unpaired) electrons. The van der Waals surface area contributed by atoms with Gasteiger partial charge in [-0.15, -0.1) is 0 Å². The second kappa shape index (κ2) is 60.7. The first kappa shape index (κ1) is 67.4. The van der Waals surface area contributed by atoms with Gasteiger partial charge in [0.15, 0.2) is 6.10 Å². The molecular formula is C64H122O5. The van der Waals surface area contributed by atoms with Gasteiger partial charge >= 0.3 is 11.9 Å². The summed E-state index contributed by atoms with van der Waals surface area (Å²) in [6.07, 6.45) is 77.8. The van der Waals surface area contributed by atoms with E-state index in [0.717, 1.165) is 51.4 Å². The maximum absolute atomic E-state index is 12.2. The van der Waals surface area contributed by atoms with Crippen LogP contribution in [0.5, 0.6) is 0 Å². The molecule has 0 aromatic heterocycles. The average Bonchev–Trinajstić information content (AvgIpc) is 3.35. The maximum Gasteiger partial charge on any atom is 0.306 e. The molecule has 69 heavy (non-hydrogen) atoms. The number of allylic oxidation sites excluding steroid dienone is 4. The van der Waals surface area contributed by atoms with Crippen LogP contribution in [-0.4, -0.2) is 36.4 Å². The van der Waals surface area contributed by atoms with Crippen molar-refractivity contribution in [3.63, 3.8) is 0 Å². The zero-order valence-corrected chi connectivity index (χ0v) is 46.9. The molecule has 5 heteroatoms. The van der Waals surface area contributed by atoms with Crippen molar-refractivity contribution in [3.05, 3.63) is 24.3 Å². The van der Waals surface area contributed by atoms with Crippen LogP contribution in [0.15, 0.2) is 24.3 Å². The van der Waals surface area contributed by atoms with Gasteiger partial charge in [0.25, 0.3) is 0 Å². The molecule has 408 valence electrons. The van der Waals surface area contributed by atoms with E-state index in [1.807, 2.05) is 0 Å². The Morgan fingerprint density at radius 2 is 0.580 bits per heavy atom. The Kier molecular flexibility index (Phi) is 59.3. The summed E-state index contributed by atoms with van der Waals surface area (Å²) < 4.78 is 10.7. The standard InChI is InChI=1S/C64H122O5/c1-3-5-7-9-11-13-15-17-19-20-21-22-23-24-25-26-27-28-29-30-31-32-33-34-35-36-37-38-39-40-41-42-43-45-46-48-50-52-54-56-58-63(66)68-61-62(60-65)69-64(67)59-57-55-53-51-49-47-44-18-16-14-12-10-8-6-4-2/h12,14,18,44,62,65H,3-11,13,15-17,19-43,45-61H2,1-2H3/b14-12-,44-18-. The number of aliphatic hydroxyl groups excluding tert-OH is 1. The lowest BCUT2D eigenvalue weighted by atomic mass is 10.0. The Morgan fingerprint density at radius 1 is 0.333 bits per heavy atom. The van der Waals surface area contributed by atoms with Crippen LogP contribution >= 0.6 is 0 Å². The summed E-state index contributed by atoms with van der Waals surface area (Å²) in [5.74, 6) is -0.590. The molecule has 0 saturated heterocycles. The van der Waals surface area contributed by atoms with Crippen LogP contribution in [-0.2, 0) is 19.1 Å². The fraction of sp³-hybridized carbons (Fsp3) is 0.906. The SMILES string of the molecule is CCCCC/C=C\C/C=C\CCCCCCCC(=O)OC(CO)COC(=O)CCCCCCCCCCCCCCCCCCCCCCCCCCCCCCCCCCCCCCCCCC. The number of carbonyl (C=O) groups excluding carboxylic acids is 2. The molecular weight excluding hydrogens is 849 g/mol. The van der Waals surface area contributed by atoms with E-state index in [2.05, 4.69) is 38.2 Å². The van der Waals surface area contributed by atoms with E-state index < -0.39 is 6.10 Å². The second-order valence-electron chi connectivity index (χ2n) is 21.5. The largest absolute Gasteiger partial charge is 0.462 e. The highest BCUT2D eigenvalue weighted by atomic mass is 16.6. The van der Waals surface area contributed by atoms with Crippen molar-refractivity contribution in [3.8, 4) is 0 Å². The lowest BCUT2D eigenvalue weighted by molar-refractivity contribution is -0.161. The number of esters is 2. The number of carbonyl (C=O) groups is 2. The fourth-order valence-corrected chi connectivity index (χ4v) is 9.77. The summed E-state index contributed by atoms with van der Waals surface area (Å²) in [5.41, 5.74) is 0. The molecule has 0 heterocycles. The maximum atomic E-state index is 12.2. The van der Waals surface area contributed by atoms with Gasteiger partial charge in [0, 0.05) is 12.8 Å². The molecule has 0 fully saturated rings. The lowest BCUT2D eigenvalue weighted by Gasteiger charge is -2.15. The Morgan fingerprint density at radius 3 is 0.884 bits per heavy atom. The third-order valence-electron chi connectivity index (χ3n) is 14.5. The van der Waals surface area contributed by atoms with Crippen LogP contribution < -0.4 is 0 Å². The monoisotopic (exact) mass is 971 g/mol. The van der Waals surface area contributed by atoms with Crippen LogP contribution in [0.4, 0.5) is 0 Å². The highest BCUT2D eigenvalue weighted by molar-refractivity contribution is 5.70. The first-order chi connectivity index (χ1) is 34.1. The van der Waals surface area contributed by atoms with Gasteiger partial charge in [0.2, 0.25) is 0 Å². The zero-order chi connectivity index (χ0) is 49.9. The zero-order valence-electron chi connectivity index (χ0n) is 46.9. The predicted molar refractivity (Wildman–Crippen MR) is 302 cm³/mol. The minimum atomic E-state index is -0.776. The molecule has 0 aliphatic rings. The van der Waals surface area contributed by atoms with Gasteiger partial charge in [-0.1, -0.05) is 321 Å². The predicted octanol–water partition coefficient (Wildman–Crippen LogP) is 21.3. The van der Waals surface area contributed by atoms with Crippen LogP contribution in [0.3, 0.4) is 0 Å². The summed E-state index contributed by atoms with van der Waals surface area (Å²) in [5, 5.41) is 9.63. The quantitative estimate of drug-likeness (QED) is 0.0373. The van der Waals surface area contributed by atoms with E-state index >= 15 is 0 Å². The summed E-state index contributed by atoms with van der Waals surface area (Å²) in [6.45, 7) is 4.15. The molecule has 0 aliphatic carbocycles. The van der Waals surface area contributed by atoms with Crippen molar-refractivity contribution in [1.29, 1.82) is 0 Å². The van der Waals surface area contributed by atoms with Crippen molar-refractivity contribution in [1.82, 2.24) is 0 Å². The fourth-order valence-electron chi connectivity index (χ4n) is 9.77. The molecule has 1 atom stereocenters. The van der Waals surface area contributed by atoms with E-state index in [1.165, 1.54) is 276 Å². The third kappa shape index (κ3) is 58.8. The van der Waals surface area contributed by atoms with Crippen molar-refractivity contribution >= 4 is 11.9 Å². The van der Waals surface area contributed by atoms with E-state index in [1.54, 1.807) is 0 Å².